The zero-order valence-electron chi connectivity index (χ0n) is 9.33. The van der Waals surface area contributed by atoms with Crippen LogP contribution in [-0.2, 0) is 0 Å². The molecule has 1 heterocycles. The van der Waals surface area contributed by atoms with Gasteiger partial charge in [0.15, 0.2) is 5.82 Å². The summed E-state index contributed by atoms with van der Waals surface area (Å²) in [4.78, 5) is 4.12. The van der Waals surface area contributed by atoms with Crippen molar-refractivity contribution in [1.29, 1.82) is 0 Å². The van der Waals surface area contributed by atoms with Crippen molar-refractivity contribution in [2.75, 3.05) is 13.7 Å². The number of hydrogen-bond donors (Lipinski definition) is 2. The van der Waals surface area contributed by atoms with Gasteiger partial charge in [-0.2, -0.15) is 4.98 Å². The Balaban J connectivity index is 2.37. The van der Waals surface area contributed by atoms with E-state index in [1.54, 1.807) is 19.2 Å². The Labute approximate surface area is 98.0 Å². The van der Waals surface area contributed by atoms with E-state index in [0.29, 0.717) is 17.2 Å². The molecule has 1 aromatic heterocycles. The highest BCUT2D eigenvalue weighted by Crippen LogP contribution is 2.28. The second-order valence-electron chi connectivity index (χ2n) is 3.45. The highest BCUT2D eigenvalue weighted by Gasteiger charge is 2.16. The maximum atomic E-state index is 8.90. The summed E-state index contributed by atoms with van der Waals surface area (Å²) < 4.78 is 10.3. The van der Waals surface area contributed by atoms with Crippen LogP contribution in [0, 0.1) is 0 Å². The van der Waals surface area contributed by atoms with Crippen LogP contribution in [0.15, 0.2) is 28.8 Å². The molecular formula is C11H13N3O3. The lowest BCUT2D eigenvalue weighted by Gasteiger charge is -2.03. The molecule has 1 atom stereocenters. The fraction of sp³-hybridized carbons (Fsp3) is 0.273. The summed E-state index contributed by atoms with van der Waals surface area (Å²) in [6.45, 7) is -0.231. The fourth-order valence-corrected chi connectivity index (χ4v) is 1.40. The summed E-state index contributed by atoms with van der Waals surface area (Å²) in [5.74, 6) is 1.23. The van der Waals surface area contributed by atoms with E-state index in [1.807, 2.05) is 12.1 Å². The van der Waals surface area contributed by atoms with E-state index in [2.05, 4.69) is 10.1 Å². The number of methoxy groups -OCH3 is 1. The standard InChI is InChI=1S/C11H13N3O3/c1-16-9-5-3-2-4-7(9)11-13-10(14-17-11)8(12)6-15/h2-5,8,15H,6,12H2,1H3. The SMILES string of the molecule is COc1ccccc1-c1nc(C(N)CO)no1. The van der Waals surface area contributed by atoms with Gasteiger partial charge in [-0.25, -0.2) is 0 Å². The average Bonchev–Trinajstić information content (AvgIpc) is 2.87. The van der Waals surface area contributed by atoms with Crippen LogP contribution >= 0.6 is 0 Å². The third-order valence-electron chi connectivity index (χ3n) is 2.31. The summed E-state index contributed by atoms with van der Waals surface area (Å²) in [5.41, 5.74) is 6.28. The Morgan fingerprint density at radius 1 is 1.47 bits per heavy atom. The van der Waals surface area contributed by atoms with Gasteiger partial charge in [-0.3, -0.25) is 0 Å². The lowest BCUT2D eigenvalue weighted by molar-refractivity contribution is 0.260. The van der Waals surface area contributed by atoms with E-state index in [1.165, 1.54) is 0 Å². The van der Waals surface area contributed by atoms with Crippen molar-refractivity contribution in [2.45, 2.75) is 6.04 Å². The van der Waals surface area contributed by atoms with Gasteiger partial charge in [-0.1, -0.05) is 17.3 Å². The number of benzene rings is 1. The van der Waals surface area contributed by atoms with Gasteiger partial charge in [-0.15, -0.1) is 0 Å². The Morgan fingerprint density at radius 2 is 2.24 bits per heavy atom. The minimum absolute atomic E-state index is 0.231. The second kappa shape index (κ2) is 4.94. The van der Waals surface area contributed by atoms with Crippen molar-refractivity contribution >= 4 is 0 Å². The van der Waals surface area contributed by atoms with Gasteiger partial charge in [0, 0.05) is 0 Å². The predicted molar refractivity (Wildman–Crippen MR) is 60.3 cm³/mol. The first-order valence-corrected chi connectivity index (χ1v) is 5.09. The molecule has 0 saturated carbocycles. The van der Waals surface area contributed by atoms with Gasteiger partial charge >= 0.3 is 0 Å². The molecule has 0 bridgehead atoms. The number of para-hydroxylation sites is 1. The Kier molecular flexibility index (Phi) is 3.36. The quantitative estimate of drug-likeness (QED) is 0.811. The predicted octanol–water partition coefficient (Wildman–Crippen LogP) is 0.737. The molecule has 0 radical (unpaired) electrons. The molecule has 2 rings (SSSR count). The van der Waals surface area contributed by atoms with Crippen molar-refractivity contribution in [3.05, 3.63) is 30.1 Å². The normalized spacial score (nSPS) is 12.4. The monoisotopic (exact) mass is 235 g/mol. The molecule has 17 heavy (non-hydrogen) atoms. The minimum atomic E-state index is -0.637. The van der Waals surface area contributed by atoms with Crippen LogP contribution < -0.4 is 10.5 Å². The third-order valence-corrected chi connectivity index (χ3v) is 2.31. The first-order chi connectivity index (χ1) is 8.26. The molecule has 0 spiro atoms. The molecule has 0 aliphatic rings. The number of rotatable bonds is 4. The van der Waals surface area contributed by atoms with E-state index in [0.717, 1.165) is 0 Å². The molecule has 1 aromatic carbocycles. The number of nitrogens with zero attached hydrogens (tertiary/aromatic N) is 2. The Morgan fingerprint density at radius 3 is 2.94 bits per heavy atom. The number of aromatic nitrogens is 2. The minimum Gasteiger partial charge on any atom is -0.496 e. The Bertz CT molecular complexity index is 498. The maximum absolute atomic E-state index is 8.90. The molecule has 90 valence electrons. The van der Waals surface area contributed by atoms with E-state index < -0.39 is 6.04 Å². The lowest BCUT2D eigenvalue weighted by atomic mass is 10.2. The summed E-state index contributed by atoms with van der Waals surface area (Å²) in [6.07, 6.45) is 0. The number of nitrogens with two attached hydrogens (primary N) is 1. The fourth-order valence-electron chi connectivity index (χ4n) is 1.40. The van der Waals surface area contributed by atoms with Crippen LogP contribution in [0.2, 0.25) is 0 Å². The maximum Gasteiger partial charge on any atom is 0.261 e. The molecule has 6 nitrogen and oxygen atoms in total. The molecule has 2 aromatic rings. The number of hydrogen-bond acceptors (Lipinski definition) is 6. The summed E-state index contributed by atoms with van der Waals surface area (Å²) in [7, 11) is 1.57. The van der Waals surface area contributed by atoms with Crippen molar-refractivity contribution in [1.82, 2.24) is 10.1 Å². The number of ether oxygens (including phenoxy) is 1. The van der Waals surface area contributed by atoms with Crippen LogP contribution in [0.1, 0.15) is 11.9 Å². The highest BCUT2D eigenvalue weighted by molar-refractivity contribution is 5.62. The molecule has 1 unspecified atom stereocenters. The van der Waals surface area contributed by atoms with Crippen molar-refractivity contribution < 1.29 is 14.4 Å². The highest BCUT2D eigenvalue weighted by atomic mass is 16.5. The summed E-state index contributed by atoms with van der Waals surface area (Å²) in [5, 5.41) is 12.6. The van der Waals surface area contributed by atoms with Gasteiger partial charge in [-0.05, 0) is 12.1 Å². The number of aliphatic hydroxyl groups excluding tert-OH is 1. The van der Waals surface area contributed by atoms with Crippen molar-refractivity contribution in [3.63, 3.8) is 0 Å². The zero-order chi connectivity index (χ0) is 12.3. The molecular weight excluding hydrogens is 222 g/mol. The van der Waals surface area contributed by atoms with Crippen LogP contribution in [0.5, 0.6) is 5.75 Å². The molecule has 0 fully saturated rings. The largest absolute Gasteiger partial charge is 0.496 e. The third kappa shape index (κ3) is 2.27. The van der Waals surface area contributed by atoms with Gasteiger partial charge in [0.05, 0.1) is 25.3 Å². The van der Waals surface area contributed by atoms with Gasteiger partial charge < -0.3 is 20.1 Å². The van der Waals surface area contributed by atoms with E-state index >= 15 is 0 Å². The van der Waals surface area contributed by atoms with Crippen LogP contribution in [0.3, 0.4) is 0 Å². The first kappa shape index (κ1) is 11.6. The zero-order valence-corrected chi connectivity index (χ0v) is 9.33. The van der Waals surface area contributed by atoms with Crippen molar-refractivity contribution in [3.8, 4) is 17.2 Å². The average molecular weight is 235 g/mol. The summed E-state index contributed by atoms with van der Waals surface area (Å²) in [6, 6.07) is 6.65. The second-order valence-corrected chi connectivity index (χ2v) is 3.45. The molecule has 3 N–H and O–H groups in total. The Hall–Kier alpha value is -1.92. The van der Waals surface area contributed by atoms with E-state index in [9.17, 15) is 0 Å². The molecule has 0 amide bonds. The number of aliphatic hydroxyl groups is 1. The van der Waals surface area contributed by atoms with Crippen molar-refractivity contribution in [2.24, 2.45) is 5.73 Å². The van der Waals surface area contributed by atoms with E-state index in [-0.39, 0.29) is 12.4 Å². The topological polar surface area (TPSA) is 94.4 Å². The molecule has 6 heteroatoms. The van der Waals surface area contributed by atoms with Gasteiger partial charge in [0.2, 0.25) is 0 Å². The molecule has 0 saturated heterocycles. The molecule has 0 aliphatic heterocycles. The van der Waals surface area contributed by atoms with Crippen LogP contribution in [0.4, 0.5) is 0 Å². The van der Waals surface area contributed by atoms with Crippen LogP contribution in [-0.4, -0.2) is 29.0 Å². The summed E-state index contributed by atoms with van der Waals surface area (Å²) >= 11 is 0. The lowest BCUT2D eigenvalue weighted by Crippen LogP contribution is -2.15. The van der Waals surface area contributed by atoms with E-state index in [4.69, 9.17) is 20.1 Å². The van der Waals surface area contributed by atoms with Crippen LogP contribution in [0.25, 0.3) is 11.5 Å². The molecule has 0 aliphatic carbocycles. The van der Waals surface area contributed by atoms with Gasteiger partial charge in [0.25, 0.3) is 5.89 Å². The first-order valence-electron chi connectivity index (χ1n) is 5.09. The van der Waals surface area contributed by atoms with Gasteiger partial charge in [0.1, 0.15) is 5.75 Å². The smallest absolute Gasteiger partial charge is 0.261 e.